The minimum atomic E-state index is -0.747. The van der Waals surface area contributed by atoms with E-state index in [2.05, 4.69) is 4.99 Å². The van der Waals surface area contributed by atoms with Crippen LogP contribution in [0.5, 0.6) is 0 Å². The standard InChI is InChI=1S/C7H13N3O2/c8-7(9)10-5-2-1-4(3-5)6(11)12/h4-5H,1-3H2,(H,11,12)(H4,8,9,10)/t4-,5?/m1/s1. The molecule has 1 aliphatic carbocycles. The lowest BCUT2D eigenvalue weighted by molar-refractivity contribution is -0.141. The first-order valence-electron chi connectivity index (χ1n) is 3.91. The largest absolute Gasteiger partial charge is 0.481 e. The van der Waals surface area contributed by atoms with Crippen LogP contribution in [0.15, 0.2) is 4.99 Å². The second-order valence-electron chi connectivity index (χ2n) is 3.06. The van der Waals surface area contributed by atoms with Gasteiger partial charge in [-0.05, 0) is 19.3 Å². The number of rotatable bonds is 2. The predicted octanol–water partition coefficient (Wildman–Crippen LogP) is -0.487. The summed E-state index contributed by atoms with van der Waals surface area (Å²) < 4.78 is 0. The van der Waals surface area contributed by atoms with E-state index in [-0.39, 0.29) is 17.9 Å². The number of guanidine groups is 1. The van der Waals surface area contributed by atoms with E-state index in [1.165, 1.54) is 0 Å². The third-order valence-corrected chi connectivity index (χ3v) is 2.09. The number of nitrogens with zero attached hydrogens (tertiary/aromatic N) is 1. The molecular weight excluding hydrogens is 158 g/mol. The summed E-state index contributed by atoms with van der Waals surface area (Å²) in [6.07, 6.45) is 2.01. The van der Waals surface area contributed by atoms with Crippen LogP contribution in [0.25, 0.3) is 0 Å². The topological polar surface area (TPSA) is 102 Å². The van der Waals surface area contributed by atoms with Crippen molar-refractivity contribution in [3.63, 3.8) is 0 Å². The zero-order valence-corrected chi connectivity index (χ0v) is 6.73. The fourth-order valence-corrected chi connectivity index (χ4v) is 1.51. The maximum atomic E-state index is 10.5. The third kappa shape index (κ3) is 2.11. The Morgan fingerprint density at radius 1 is 1.42 bits per heavy atom. The van der Waals surface area contributed by atoms with Crippen LogP contribution >= 0.6 is 0 Å². The summed E-state index contributed by atoms with van der Waals surface area (Å²) in [5, 5.41) is 8.65. The van der Waals surface area contributed by atoms with Crippen molar-refractivity contribution >= 4 is 11.9 Å². The average Bonchev–Trinajstić information content (AvgIpc) is 2.34. The number of hydrogen-bond acceptors (Lipinski definition) is 2. The molecule has 68 valence electrons. The van der Waals surface area contributed by atoms with Gasteiger partial charge in [0, 0.05) is 0 Å². The van der Waals surface area contributed by atoms with Crippen LogP contribution < -0.4 is 11.5 Å². The molecule has 1 saturated carbocycles. The van der Waals surface area contributed by atoms with E-state index < -0.39 is 5.97 Å². The molecule has 0 bridgehead atoms. The van der Waals surface area contributed by atoms with E-state index in [1.807, 2.05) is 0 Å². The molecule has 0 aromatic heterocycles. The third-order valence-electron chi connectivity index (χ3n) is 2.09. The number of hydrogen-bond donors (Lipinski definition) is 3. The van der Waals surface area contributed by atoms with Gasteiger partial charge in [0.1, 0.15) is 0 Å². The molecule has 0 amide bonds. The SMILES string of the molecule is NC(N)=NC1CC[C@@H](C(=O)O)C1. The zero-order chi connectivity index (χ0) is 9.14. The fourth-order valence-electron chi connectivity index (χ4n) is 1.51. The number of aliphatic carboxylic acids is 1. The van der Waals surface area contributed by atoms with Crippen LogP contribution in [0.3, 0.4) is 0 Å². The minimum absolute atomic E-state index is 0.0103. The van der Waals surface area contributed by atoms with Crippen molar-refractivity contribution in [3.05, 3.63) is 0 Å². The van der Waals surface area contributed by atoms with Gasteiger partial charge in [-0.2, -0.15) is 0 Å². The van der Waals surface area contributed by atoms with Gasteiger partial charge in [0.05, 0.1) is 12.0 Å². The summed E-state index contributed by atoms with van der Waals surface area (Å²) in [7, 11) is 0. The van der Waals surface area contributed by atoms with Crippen LogP contribution in [0.4, 0.5) is 0 Å². The summed E-state index contributed by atoms with van der Waals surface area (Å²) in [4.78, 5) is 14.4. The van der Waals surface area contributed by atoms with Gasteiger partial charge in [-0.1, -0.05) is 0 Å². The van der Waals surface area contributed by atoms with Crippen molar-refractivity contribution < 1.29 is 9.90 Å². The van der Waals surface area contributed by atoms with Crippen molar-refractivity contribution in [2.75, 3.05) is 0 Å². The molecule has 5 N–H and O–H groups in total. The van der Waals surface area contributed by atoms with E-state index in [0.717, 1.165) is 6.42 Å². The Morgan fingerprint density at radius 3 is 2.50 bits per heavy atom. The normalized spacial score (nSPS) is 28.3. The van der Waals surface area contributed by atoms with Crippen molar-refractivity contribution in [2.45, 2.75) is 25.3 Å². The summed E-state index contributed by atoms with van der Waals surface area (Å²) in [5.74, 6) is -0.965. The van der Waals surface area contributed by atoms with Gasteiger partial charge < -0.3 is 16.6 Å². The summed E-state index contributed by atoms with van der Waals surface area (Å²) in [6, 6.07) is 0.0103. The molecule has 0 spiro atoms. The molecule has 0 aromatic carbocycles. The Balaban J connectivity index is 2.46. The lowest BCUT2D eigenvalue weighted by atomic mass is 10.1. The first-order chi connectivity index (χ1) is 5.59. The molecule has 5 heteroatoms. The molecule has 2 atom stereocenters. The molecular formula is C7H13N3O2. The van der Waals surface area contributed by atoms with E-state index >= 15 is 0 Å². The average molecular weight is 171 g/mol. The first-order valence-corrected chi connectivity index (χ1v) is 3.91. The highest BCUT2D eigenvalue weighted by Crippen LogP contribution is 2.27. The van der Waals surface area contributed by atoms with Gasteiger partial charge in [0.25, 0.3) is 0 Å². The second kappa shape index (κ2) is 3.42. The molecule has 12 heavy (non-hydrogen) atoms. The van der Waals surface area contributed by atoms with Crippen molar-refractivity contribution in [1.29, 1.82) is 0 Å². The number of aliphatic imine (C=N–C) groups is 1. The van der Waals surface area contributed by atoms with Gasteiger partial charge in [-0.3, -0.25) is 9.79 Å². The molecule has 1 aliphatic rings. The van der Waals surface area contributed by atoms with E-state index in [4.69, 9.17) is 16.6 Å². The Labute approximate surface area is 70.5 Å². The highest BCUT2D eigenvalue weighted by Gasteiger charge is 2.29. The van der Waals surface area contributed by atoms with Crippen LogP contribution in [0.2, 0.25) is 0 Å². The second-order valence-corrected chi connectivity index (χ2v) is 3.06. The maximum Gasteiger partial charge on any atom is 0.306 e. The molecule has 1 rings (SSSR count). The van der Waals surface area contributed by atoms with Gasteiger partial charge >= 0.3 is 5.97 Å². The Hall–Kier alpha value is -1.26. The predicted molar refractivity (Wildman–Crippen MR) is 44.6 cm³/mol. The number of carboxylic acid groups (broad SMARTS) is 1. The number of carbonyl (C=O) groups is 1. The van der Waals surface area contributed by atoms with Gasteiger partial charge in [0.15, 0.2) is 5.96 Å². The monoisotopic (exact) mass is 171 g/mol. The van der Waals surface area contributed by atoms with Crippen molar-refractivity contribution in [3.8, 4) is 0 Å². The van der Waals surface area contributed by atoms with Crippen molar-refractivity contribution in [2.24, 2.45) is 22.4 Å². The number of nitrogens with two attached hydrogens (primary N) is 2. The molecule has 0 radical (unpaired) electrons. The molecule has 1 unspecified atom stereocenters. The lowest BCUT2D eigenvalue weighted by Gasteiger charge is -2.02. The van der Waals surface area contributed by atoms with Crippen LogP contribution in [0.1, 0.15) is 19.3 Å². The van der Waals surface area contributed by atoms with E-state index in [9.17, 15) is 4.79 Å². The molecule has 0 aromatic rings. The highest BCUT2D eigenvalue weighted by molar-refractivity contribution is 5.76. The maximum absolute atomic E-state index is 10.5. The van der Waals surface area contributed by atoms with Crippen LogP contribution in [-0.2, 0) is 4.79 Å². The summed E-state index contributed by atoms with van der Waals surface area (Å²) in [6.45, 7) is 0. The Kier molecular flexibility index (Phi) is 2.52. The minimum Gasteiger partial charge on any atom is -0.481 e. The molecule has 0 heterocycles. The molecule has 1 fully saturated rings. The molecule has 5 nitrogen and oxygen atoms in total. The van der Waals surface area contributed by atoms with Gasteiger partial charge in [0.2, 0.25) is 0 Å². The lowest BCUT2D eigenvalue weighted by Crippen LogP contribution is -2.25. The Bertz CT molecular complexity index is 211. The first kappa shape index (κ1) is 8.83. The van der Waals surface area contributed by atoms with Gasteiger partial charge in [-0.15, -0.1) is 0 Å². The highest BCUT2D eigenvalue weighted by atomic mass is 16.4. The fraction of sp³-hybridized carbons (Fsp3) is 0.714. The summed E-state index contributed by atoms with van der Waals surface area (Å²) in [5.41, 5.74) is 10.3. The van der Waals surface area contributed by atoms with Crippen molar-refractivity contribution in [1.82, 2.24) is 0 Å². The molecule has 0 saturated heterocycles. The van der Waals surface area contributed by atoms with Crippen LogP contribution in [-0.4, -0.2) is 23.1 Å². The smallest absolute Gasteiger partial charge is 0.306 e. The van der Waals surface area contributed by atoms with Crippen LogP contribution in [0, 0.1) is 5.92 Å². The quantitative estimate of drug-likeness (QED) is 0.385. The zero-order valence-electron chi connectivity index (χ0n) is 6.73. The number of carboxylic acids is 1. The Morgan fingerprint density at radius 2 is 2.08 bits per heavy atom. The molecule has 0 aliphatic heterocycles. The van der Waals surface area contributed by atoms with E-state index in [0.29, 0.717) is 12.8 Å². The van der Waals surface area contributed by atoms with E-state index in [1.54, 1.807) is 0 Å². The summed E-state index contributed by atoms with van der Waals surface area (Å²) >= 11 is 0. The van der Waals surface area contributed by atoms with Gasteiger partial charge in [-0.25, -0.2) is 0 Å².